The van der Waals surface area contributed by atoms with Crippen LogP contribution in [0.1, 0.15) is 31.9 Å². The van der Waals surface area contributed by atoms with E-state index in [-0.39, 0.29) is 17.0 Å². The normalized spacial score (nSPS) is 12.4. The van der Waals surface area contributed by atoms with Crippen LogP contribution in [0.15, 0.2) is 42.6 Å². The number of hydrogen-bond donors (Lipinski definition) is 1. The van der Waals surface area contributed by atoms with Crippen molar-refractivity contribution in [3.05, 3.63) is 59.5 Å². The number of benzene rings is 1. The summed E-state index contributed by atoms with van der Waals surface area (Å²) in [5.74, 6) is -0.209. The van der Waals surface area contributed by atoms with Gasteiger partial charge in [-0.25, -0.2) is 14.2 Å². The van der Waals surface area contributed by atoms with Gasteiger partial charge in [0, 0.05) is 23.9 Å². The molecule has 2 rings (SSSR count). The third-order valence-corrected chi connectivity index (χ3v) is 3.82. The molecule has 0 saturated carbocycles. The number of carbonyl (C=O) groups is 2. The topological polar surface area (TPSA) is 71.5 Å². The quantitative estimate of drug-likeness (QED) is 0.581. The van der Waals surface area contributed by atoms with Crippen LogP contribution in [0.3, 0.4) is 0 Å². The molecule has 0 radical (unpaired) electrons. The molecular formula is C22H26FN3O3. The van der Waals surface area contributed by atoms with E-state index in [4.69, 9.17) is 4.74 Å². The van der Waals surface area contributed by atoms with Crippen LogP contribution in [0.25, 0.3) is 11.1 Å². The summed E-state index contributed by atoms with van der Waals surface area (Å²) in [4.78, 5) is 30.0. The number of halogens is 1. The maximum absolute atomic E-state index is 14.4. The highest BCUT2D eigenvalue weighted by Gasteiger charge is 2.18. The number of allylic oxidation sites excluding steroid dienone is 1. The fraction of sp³-hybridized carbons (Fsp3) is 0.318. The third kappa shape index (κ3) is 6.50. The van der Waals surface area contributed by atoms with E-state index >= 15 is 0 Å². The van der Waals surface area contributed by atoms with Crippen LogP contribution in [-0.4, -0.2) is 48.5 Å². The van der Waals surface area contributed by atoms with Crippen LogP contribution < -0.4 is 5.32 Å². The van der Waals surface area contributed by atoms with E-state index < -0.39 is 17.5 Å². The first-order valence-corrected chi connectivity index (χ1v) is 9.15. The van der Waals surface area contributed by atoms with Crippen molar-refractivity contribution >= 4 is 29.3 Å². The molecular weight excluding hydrogens is 373 g/mol. The van der Waals surface area contributed by atoms with E-state index in [1.807, 2.05) is 19.0 Å². The van der Waals surface area contributed by atoms with Crippen molar-refractivity contribution in [2.75, 3.05) is 26.0 Å². The highest BCUT2D eigenvalue weighted by atomic mass is 19.1. The summed E-state index contributed by atoms with van der Waals surface area (Å²) in [6, 6.07) is 9.47. The Morgan fingerprint density at radius 1 is 1.24 bits per heavy atom. The Morgan fingerprint density at radius 2 is 1.93 bits per heavy atom. The Balaban J connectivity index is 2.49. The van der Waals surface area contributed by atoms with Gasteiger partial charge < -0.3 is 9.64 Å². The molecule has 0 spiro atoms. The molecule has 7 heteroatoms. The average molecular weight is 399 g/mol. The Morgan fingerprint density at radius 3 is 2.52 bits per heavy atom. The first-order chi connectivity index (χ1) is 13.6. The van der Waals surface area contributed by atoms with Crippen LogP contribution in [0, 0.1) is 5.82 Å². The van der Waals surface area contributed by atoms with Gasteiger partial charge in [0.1, 0.15) is 17.2 Å². The standard InChI is InChI=1S/C22H26FN3O3/c1-22(2,3)29-21(28)25-20-12-15(10-11-24-20)17(13-26(4)5)18(14-27)16-8-6-7-9-19(16)23/h6-12,14H,13H2,1-5H3,(H,24,25,28). The molecule has 29 heavy (non-hydrogen) atoms. The van der Waals surface area contributed by atoms with Gasteiger partial charge in [0.2, 0.25) is 0 Å². The summed E-state index contributed by atoms with van der Waals surface area (Å²) in [5, 5.41) is 2.58. The molecule has 6 nitrogen and oxygen atoms in total. The highest BCUT2D eigenvalue weighted by Crippen LogP contribution is 2.28. The molecule has 1 amide bonds. The van der Waals surface area contributed by atoms with Crippen molar-refractivity contribution in [1.29, 1.82) is 0 Å². The van der Waals surface area contributed by atoms with Crippen molar-refractivity contribution < 1.29 is 18.7 Å². The maximum Gasteiger partial charge on any atom is 0.413 e. The molecule has 0 aliphatic rings. The van der Waals surface area contributed by atoms with Crippen molar-refractivity contribution in [3.63, 3.8) is 0 Å². The number of pyridine rings is 1. The number of carbonyl (C=O) groups excluding carboxylic acids is 2. The second-order valence-corrected chi connectivity index (χ2v) is 7.78. The van der Waals surface area contributed by atoms with E-state index in [9.17, 15) is 14.0 Å². The van der Waals surface area contributed by atoms with E-state index in [1.54, 1.807) is 51.1 Å². The van der Waals surface area contributed by atoms with Crippen molar-refractivity contribution in [1.82, 2.24) is 9.88 Å². The number of hydrogen-bond acceptors (Lipinski definition) is 5. The Kier molecular flexibility index (Phi) is 7.23. The second kappa shape index (κ2) is 9.43. The Labute approximate surface area is 170 Å². The van der Waals surface area contributed by atoms with Gasteiger partial charge in [-0.2, -0.15) is 0 Å². The number of aromatic nitrogens is 1. The largest absolute Gasteiger partial charge is 0.444 e. The van der Waals surface area contributed by atoms with Crippen molar-refractivity contribution in [2.24, 2.45) is 0 Å². The second-order valence-electron chi connectivity index (χ2n) is 7.78. The van der Waals surface area contributed by atoms with E-state index in [0.717, 1.165) is 0 Å². The van der Waals surface area contributed by atoms with Crippen molar-refractivity contribution in [2.45, 2.75) is 26.4 Å². The van der Waals surface area contributed by atoms with E-state index in [1.165, 1.54) is 12.3 Å². The number of nitrogens with zero attached hydrogens (tertiary/aromatic N) is 2. The fourth-order valence-electron chi connectivity index (χ4n) is 2.72. The molecule has 2 aromatic rings. The number of anilines is 1. The van der Waals surface area contributed by atoms with Crippen LogP contribution in [0.5, 0.6) is 0 Å². The number of likely N-dealkylation sites (N-methyl/N-ethyl adjacent to an activating group) is 1. The lowest BCUT2D eigenvalue weighted by atomic mass is 9.95. The first kappa shape index (κ1) is 22.2. The lowest BCUT2D eigenvalue weighted by Gasteiger charge is -2.20. The Bertz CT molecular complexity index is 918. The summed E-state index contributed by atoms with van der Waals surface area (Å²) < 4.78 is 19.6. The average Bonchev–Trinajstić information content (AvgIpc) is 2.61. The zero-order valence-electron chi connectivity index (χ0n) is 17.3. The predicted octanol–water partition coefficient (Wildman–Crippen LogP) is 4.24. The monoisotopic (exact) mass is 399 g/mol. The van der Waals surface area contributed by atoms with E-state index in [2.05, 4.69) is 10.3 Å². The van der Waals surface area contributed by atoms with E-state index in [0.29, 0.717) is 24.0 Å². The predicted molar refractivity (Wildman–Crippen MR) is 112 cm³/mol. The molecule has 1 aromatic carbocycles. The fourth-order valence-corrected chi connectivity index (χ4v) is 2.72. The van der Waals surface area contributed by atoms with Gasteiger partial charge >= 0.3 is 6.09 Å². The zero-order valence-corrected chi connectivity index (χ0v) is 17.3. The van der Waals surface area contributed by atoms with Gasteiger partial charge in [-0.3, -0.25) is 10.1 Å². The number of amides is 1. The van der Waals surface area contributed by atoms with Gasteiger partial charge in [-0.1, -0.05) is 18.2 Å². The molecule has 0 atom stereocenters. The minimum Gasteiger partial charge on any atom is -0.444 e. The minimum absolute atomic E-state index is 0.220. The smallest absolute Gasteiger partial charge is 0.413 e. The SMILES string of the molecule is CN(C)CC(=C(C=O)c1ccccc1F)c1ccnc(NC(=O)OC(C)(C)C)c1. The van der Waals surface area contributed by atoms with Crippen LogP contribution in [0.2, 0.25) is 0 Å². The Hall–Kier alpha value is -3.06. The van der Waals surface area contributed by atoms with Gasteiger partial charge in [0.15, 0.2) is 6.29 Å². The van der Waals surface area contributed by atoms with Gasteiger partial charge in [-0.15, -0.1) is 0 Å². The van der Waals surface area contributed by atoms with Gasteiger partial charge in [-0.05, 0) is 64.2 Å². The molecule has 1 heterocycles. The highest BCUT2D eigenvalue weighted by molar-refractivity contribution is 6.17. The summed E-state index contributed by atoms with van der Waals surface area (Å²) in [5.41, 5.74) is 1.08. The molecule has 0 fully saturated rings. The summed E-state index contributed by atoms with van der Waals surface area (Å²) in [6.07, 6.45) is 1.53. The maximum atomic E-state index is 14.4. The number of aldehydes is 1. The lowest BCUT2D eigenvalue weighted by molar-refractivity contribution is -0.103. The molecule has 0 bridgehead atoms. The molecule has 1 aromatic heterocycles. The van der Waals surface area contributed by atoms with Gasteiger partial charge in [0.05, 0.1) is 0 Å². The molecule has 154 valence electrons. The first-order valence-electron chi connectivity index (χ1n) is 9.15. The molecule has 0 unspecified atom stereocenters. The van der Waals surface area contributed by atoms with Crippen molar-refractivity contribution in [3.8, 4) is 0 Å². The third-order valence-electron chi connectivity index (χ3n) is 3.82. The lowest BCUT2D eigenvalue weighted by Crippen LogP contribution is -2.27. The number of nitrogens with one attached hydrogen (secondary N) is 1. The van der Waals surface area contributed by atoms with Crippen LogP contribution in [0.4, 0.5) is 15.0 Å². The molecule has 0 saturated heterocycles. The number of rotatable bonds is 6. The van der Waals surface area contributed by atoms with Crippen LogP contribution in [-0.2, 0) is 9.53 Å². The van der Waals surface area contributed by atoms with Gasteiger partial charge in [0.25, 0.3) is 0 Å². The molecule has 0 aliphatic carbocycles. The summed E-state index contributed by atoms with van der Waals surface area (Å²) >= 11 is 0. The molecule has 0 aliphatic heterocycles. The summed E-state index contributed by atoms with van der Waals surface area (Å²) in [7, 11) is 3.70. The molecule has 1 N–H and O–H groups in total. The summed E-state index contributed by atoms with van der Waals surface area (Å²) in [6.45, 7) is 5.68. The van der Waals surface area contributed by atoms with Crippen LogP contribution >= 0.6 is 0 Å². The number of ether oxygens (including phenoxy) is 1. The zero-order chi connectivity index (χ0) is 21.6. The minimum atomic E-state index is -0.646.